The van der Waals surface area contributed by atoms with E-state index in [0.29, 0.717) is 0 Å². The van der Waals surface area contributed by atoms with Crippen LogP contribution in [0.3, 0.4) is 0 Å². The van der Waals surface area contributed by atoms with Crippen molar-refractivity contribution in [2.24, 2.45) is 0 Å². The molecule has 0 radical (unpaired) electrons. The van der Waals surface area contributed by atoms with Crippen LogP contribution >= 0.6 is 11.9 Å². The average molecular weight is 199 g/mol. The van der Waals surface area contributed by atoms with Crippen LogP contribution in [0.5, 0.6) is 0 Å². The minimum absolute atomic E-state index is 1.11. The van der Waals surface area contributed by atoms with Crippen molar-refractivity contribution in [2.75, 3.05) is 6.26 Å². The summed E-state index contributed by atoms with van der Waals surface area (Å²) < 4.78 is 4.68. The molecule has 0 unspecified atom stereocenters. The molecule has 0 aliphatic carbocycles. The zero-order valence-corrected chi connectivity index (χ0v) is 9.82. The van der Waals surface area contributed by atoms with E-state index in [1.165, 1.54) is 17.9 Å². The summed E-state index contributed by atoms with van der Waals surface area (Å²) in [5, 5.41) is 0. The van der Waals surface area contributed by atoms with Gasteiger partial charge in [0.15, 0.2) is 5.69 Å². The molecule has 0 bridgehead atoms. The largest absolute Gasteiger partial charge is 0.268 e. The summed E-state index contributed by atoms with van der Waals surface area (Å²) in [5.41, 5.74) is 1.35. The molecule has 2 nitrogen and oxygen atoms in total. The maximum atomic E-state index is 2.37. The van der Waals surface area contributed by atoms with E-state index in [-0.39, 0.29) is 0 Å². The first kappa shape index (κ1) is 10.6. The fraction of sp³-hybridized carbons (Fsp3) is 0.700. The number of hydrogen-bond donors (Lipinski definition) is 0. The molecule has 0 atom stereocenters. The van der Waals surface area contributed by atoms with Crippen LogP contribution in [0.15, 0.2) is 6.20 Å². The molecule has 1 rings (SSSR count). The van der Waals surface area contributed by atoms with Crippen molar-refractivity contribution in [1.82, 2.24) is 3.97 Å². The Labute approximate surface area is 85.1 Å². The summed E-state index contributed by atoms with van der Waals surface area (Å²) in [5.74, 6) is 1.42. The molecule has 0 aliphatic heterocycles. The lowest BCUT2D eigenvalue weighted by atomic mass is 10.4. The first-order valence-corrected chi connectivity index (χ1v) is 6.07. The minimum atomic E-state index is 1.11. The van der Waals surface area contributed by atoms with Crippen LogP contribution in [0.2, 0.25) is 0 Å². The predicted octanol–water partition coefficient (Wildman–Crippen LogP) is 2.18. The third-order valence-corrected chi connectivity index (χ3v) is 3.06. The second kappa shape index (κ2) is 4.70. The van der Waals surface area contributed by atoms with Gasteiger partial charge < -0.3 is 0 Å². The normalized spacial score (nSPS) is 10.8. The van der Waals surface area contributed by atoms with Crippen LogP contribution in [0.1, 0.15) is 31.8 Å². The second-order valence-electron chi connectivity index (χ2n) is 3.21. The molecule has 0 fully saturated rings. The Kier molecular flexibility index (Phi) is 3.85. The molecule has 1 heterocycles. The first-order valence-electron chi connectivity index (χ1n) is 4.89. The predicted molar refractivity (Wildman–Crippen MR) is 57.9 cm³/mol. The third-order valence-electron chi connectivity index (χ3n) is 2.19. The Morgan fingerprint density at radius 2 is 2.15 bits per heavy atom. The molecule has 0 N–H and O–H groups in total. The Morgan fingerprint density at radius 3 is 2.62 bits per heavy atom. The molecule has 0 spiro atoms. The van der Waals surface area contributed by atoms with Crippen molar-refractivity contribution in [3.8, 4) is 0 Å². The molecule has 0 aromatic carbocycles. The molecule has 1 aromatic rings. The van der Waals surface area contributed by atoms with Crippen molar-refractivity contribution in [1.29, 1.82) is 0 Å². The van der Waals surface area contributed by atoms with Crippen molar-refractivity contribution in [2.45, 2.75) is 40.2 Å². The van der Waals surface area contributed by atoms with Gasteiger partial charge in [0.2, 0.25) is 0 Å². The van der Waals surface area contributed by atoms with Gasteiger partial charge in [-0.05, 0) is 6.42 Å². The van der Waals surface area contributed by atoms with Crippen molar-refractivity contribution in [3.63, 3.8) is 0 Å². The van der Waals surface area contributed by atoms with E-state index < -0.39 is 0 Å². The van der Waals surface area contributed by atoms with Gasteiger partial charge in [0.25, 0.3) is 5.82 Å². The highest BCUT2D eigenvalue weighted by Crippen LogP contribution is 2.10. The van der Waals surface area contributed by atoms with E-state index in [4.69, 9.17) is 0 Å². The zero-order chi connectivity index (χ0) is 9.84. The average Bonchev–Trinajstić information content (AvgIpc) is 2.41. The Bertz CT molecular complexity index is 279. The first-order chi connectivity index (χ1) is 6.24. The van der Waals surface area contributed by atoms with E-state index in [2.05, 4.69) is 41.8 Å². The lowest BCUT2D eigenvalue weighted by Gasteiger charge is -1.98. The fourth-order valence-corrected chi connectivity index (χ4v) is 2.48. The number of nitrogens with zero attached hydrogens (tertiary/aromatic N) is 2. The maximum Gasteiger partial charge on any atom is 0.268 e. The topological polar surface area (TPSA) is 8.81 Å². The molecule has 0 saturated carbocycles. The van der Waals surface area contributed by atoms with Crippen molar-refractivity contribution in [3.05, 3.63) is 17.7 Å². The van der Waals surface area contributed by atoms with Crippen LogP contribution < -0.4 is 4.57 Å². The highest BCUT2D eigenvalue weighted by molar-refractivity contribution is 7.97. The van der Waals surface area contributed by atoms with Gasteiger partial charge in [-0.1, -0.05) is 13.8 Å². The molecule has 1 aromatic heterocycles. The van der Waals surface area contributed by atoms with Gasteiger partial charge in [0, 0.05) is 19.6 Å². The van der Waals surface area contributed by atoms with E-state index in [1.54, 1.807) is 11.9 Å². The zero-order valence-electron chi connectivity index (χ0n) is 9.00. The maximum absolute atomic E-state index is 2.37. The lowest BCUT2D eigenvalue weighted by Crippen LogP contribution is -2.36. The van der Waals surface area contributed by atoms with Crippen molar-refractivity contribution < 1.29 is 4.57 Å². The van der Waals surface area contributed by atoms with Crippen LogP contribution in [0, 0.1) is 6.92 Å². The number of hydrogen-bond acceptors (Lipinski definition) is 1. The van der Waals surface area contributed by atoms with Gasteiger partial charge in [-0.15, -0.1) is 0 Å². The van der Waals surface area contributed by atoms with Crippen LogP contribution in [0.4, 0.5) is 0 Å². The lowest BCUT2D eigenvalue weighted by molar-refractivity contribution is -0.703. The molecule has 74 valence electrons. The fourth-order valence-electron chi connectivity index (χ4n) is 1.70. The monoisotopic (exact) mass is 199 g/mol. The van der Waals surface area contributed by atoms with E-state index in [1.807, 2.05) is 0 Å². The Balaban J connectivity index is 3.06. The van der Waals surface area contributed by atoms with Crippen molar-refractivity contribution >= 4 is 11.9 Å². The smallest absolute Gasteiger partial charge is 0.233 e. The molecule has 0 saturated heterocycles. The highest BCUT2D eigenvalue weighted by Gasteiger charge is 2.17. The summed E-state index contributed by atoms with van der Waals surface area (Å²) >= 11 is 1.79. The SMILES string of the molecule is CCC[n+]1cc(C)n(SC)c1CC. The molecule has 0 amide bonds. The molecular weight excluding hydrogens is 180 g/mol. The molecule has 0 aliphatic rings. The van der Waals surface area contributed by atoms with E-state index in [9.17, 15) is 0 Å². The minimum Gasteiger partial charge on any atom is -0.233 e. The Hall–Kier alpha value is -0.440. The second-order valence-corrected chi connectivity index (χ2v) is 3.94. The summed E-state index contributed by atoms with van der Waals surface area (Å²) in [7, 11) is 0. The van der Waals surface area contributed by atoms with E-state index in [0.717, 1.165) is 13.0 Å². The summed E-state index contributed by atoms with van der Waals surface area (Å²) in [4.78, 5) is 0. The third kappa shape index (κ3) is 2.08. The van der Waals surface area contributed by atoms with Gasteiger partial charge in [-0.3, -0.25) is 0 Å². The number of imidazole rings is 1. The number of rotatable bonds is 4. The van der Waals surface area contributed by atoms with Crippen LogP contribution in [-0.2, 0) is 13.0 Å². The van der Waals surface area contributed by atoms with Crippen LogP contribution in [0.25, 0.3) is 0 Å². The van der Waals surface area contributed by atoms with Gasteiger partial charge in [0.1, 0.15) is 6.20 Å². The number of aromatic nitrogens is 2. The molecular formula is C10H19N2S+. The summed E-state index contributed by atoms with van der Waals surface area (Å²) in [6.07, 6.45) is 6.69. The van der Waals surface area contributed by atoms with Gasteiger partial charge >= 0.3 is 0 Å². The molecule has 13 heavy (non-hydrogen) atoms. The van der Waals surface area contributed by atoms with Gasteiger partial charge in [-0.25, -0.2) is 4.57 Å². The Morgan fingerprint density at radius 1 is 1.46 bits per heavy atom. The van der Waals surface area contributed by atoms with Crippen LogP contribution in [-0.4, -0.2) is 10.2 Å². The number of aryl methyl sites for hydroxylation is 2. The standard InChI is InChI=1S/C10H19N2S/c1-5-7-11-8-9(3)12(13-4)10(11)6-2/h8H,5-7H2,1-4H3/q+1. The quantitative estimate of drug-likeness (QED) is 0.675. The summed E-state index contributed by atoms with van der Waals surface area (Å²) in [6, 6.07) is 0. The van der Waals surface area contributed by atoms with Gasteiger partial charge in [0.05, 0.1) is 18.5 Å². The van der Waals surface area contributed by atoms with E-state index >= 15 is 0 Å². The highest BCUT2D eigenvalue weighted by atomic mass is 32.2. The summed E-state index contributed by atoms with van der Waals surface area (Å²) in [6.45, 7) is 7.74. The van der Waals surface area contributed by atoms with Gasteiger partial charge in [-0.2, -0.15) is 3.97 Å². The molecule has 3 heteroatoms.